The molecule has 6 heteroatoms. The number of nitrogens with one attached hydrogen (secondary N) is 1. The van der Waals surface area contributed by atoms with Gasteiger partial charge in [0.05, 0.1) is 12.2 Å². The van der Waals surface area contributed by atoms with E-state index in [-0.39, 0.29) is 18.4 Å². The molecule has 102 valence electrons. The molecule has 1 aliphatic rings. The molecule has 1 fully saturated rings. The van der Waals surface area contributed by atoms with Crippen LogP contribution in [0.15, 0.2) is 6.08 Å². The van der Waals surface area contributed by atoms with E-state index >= 15 is 0 Å². The fourth-order valence-corrected chi connectivity index (χ4v) is 2.12. The van der Waals surface area contributed by atoms with Gasteiger partial charge in [-0.05, 0) is 19.9 Å². The molecule has 0 atom stereocenters. The predicted molar refractivity (Wildman–Crippen MR) is 71.3 cm³/mol. The summed E-state index contributed by atoms with van der Waals surface area (Å²) in [6, 6.07) is 0. The lowest BCUT2D eigenvalue weighted by atomic mass is 10.2. The predicted octanol–water partition coefficient (Wildman–Crippen LogP) is 0.00854. The van der Waals surface area contributed by atoms with Gasteiger partial charge in [-0.25, -0.2) is 0 Å². The van der Waals surface area contributed by atoms with Gasteiger partial charge < -0.3 is 10.2 Å². The van der Waals surface area contributed by atoms with E-state index in [0.717, 1.165) is 17.0 Å². The number of aromatic nitrogens is 2. The first-order chi connectivity index (χ1) is 8.99. The molecule has 2 rings (SSSR count). The minimum atomic E-state index is -0.141. The van der Waals surface area contributed by atoms with Gasteiger partial charge in [0, 0.05) is 37.5 Å². The number of rotatable bonds is 2. The van der Waals surface area contributed by atoms with Crippen molar-refractivity contribution < 1.29 is 9.59 Å². The average molecular weight is 262 g/mol. The van der Waals surface area contributed by atoms with Gasteiger partial charge in [-0.3, -0.25) is 14.3 Å². The number of carbonyl (C=O) groups is 2. The Morgan fingerprint density at radius 3 is 2.74 bits per heavy atom. The second kappa shape index (κ2) is 5.26. The Hall–Kier alpha value is -2.11. The van der Waals surface area contributed by atoms with Crippen LogP contribution in [0.2, 0.25) is 0 Å². The number of piperazine rings is 1. The summed E-state index contributed by atoms with van der Waals surface area (Å²) in [6.45, 7) is 5.07. The number of amides is 2. The summed E-state index contributed by atoms with van der Waals surface area (Å²) < 4.78 is 1.79. The van der Waals surface area contributed by atoms with Gasteiger partial charge in [0.1, 0.15) is 0 Å². The van der Waals surface area contributed by atoms with Crippen molar-refractivity contribution in [1.82, 2.24) is 20.0 Å². The SMILES string of the molecule is Cc1nn(C)c(C)c1C=CC(=O)N1CCNC(=O)C1. The highest BCUT2D eigenvalue weighted by Crippen LogP contribution is 2.13. The fourth-order valence-electron chi connectivity index (χ4n) is 2.12. The first kappa shape index (κ1) is 13.3. The molecule has 0 bridgehead atoms. The molecule has 19 heavy (non-hydrogen) atoms. The Balaban J connectivity index is 2.09. The summed E-state index contributed by atoms with van der Waals surface area (Å²) in [5, 5.41) is 6.98. The number of nitrogens with zero attached hydrogens (tertiary/aromatic N) is 3. The minimum absolute atomic E-state index is 0.110. The molecule has 0 aromatic carbocycles. The van der Waals surface area contributed by atoms with Crippen molar-refractivity contribution in [2.75, 3.05) is 19.6 Å². The second-order valence-electron chi connectivity index (χ2n) is 4.65. The summed E-state index contributed by atoms with van der Waals surface area (Å²) in [7, 11) is 1.87. The van der Waals surface area contributed by atoms with Crippen molar-refractivity contribution in [3.05, 3.63) is 23.0 Å². The van der Waals surface area contributed by atoms with Gasteiger partial charge in [-0.2, -0.15) is 5.10 Å². The highest BCUT2D eigenvalue weighted by Gasteiger charge is 2.19. The smallest absolute Gasteiger partial charge is 0.247 e. The zero-order valence-electron chi connectivity index (χ0n) is 11.4. The molecule has 1 saturated heterocycles. The van der Waals surface area contributed by atoms with Crippen molar-refractivity contribution in [2.45, 2.75) is 13.8 Å². The number of hydrogen-bond donors (Lipinski definition) is 1. The van der Waals surface area contributed by atoms with E-state index in [9.17, 15) is 9.59 Å². The molecule has 2 heterocycles. The first-order valence-electron chi connectivity index (χ1n) is 6.23. The third kappa shape index (κ3) is 2.83. The summed E-state index contributed by atoms with van der Waals surface area (Å²) in [5.41, 5.74) is 2.86. The Kier molecular flexibility index (Phi) is 3.69. The Labute approximate surface area is 112 Å². The van der Waals surface area contributed by atoms with Crippen LogP contribution in [0.4, 0.5) is 0 Å². The van der Waals surface area contributed by atoms with Gasteiger partial charge in [-0.1, -0.05) is 0 Å². The lowest BCUT2D eigenvalue weighted by Gasteiger charge is -2.25. The average Bonchev–Trinajstić information content (AvgIpc) is 2.61. The molecule has 1 N–H and O–H groups in total. The molecule has 6 nitrogen and oxygen atoms in total. The molecule has 0 radical (unpaired) electrons. The standard InChI is InChI=1S/C13H18N4O2/c1-9-11(10(2)16(3)15-9)4-5-13(19)17-7-6-14-12(18)8-17/h4-5H,6-8H2,1-3H3,(H,14,18). The second-order valence-corrected chi connectivity index (χ2v) is 4.65. The van der Waals surface area contributed by atoms with Gasteiger partial charge in [-0.15, -0.1) is 0 Å². The van der Waals surface area contributed by atoms with Crippen LogP contribution in [-0.4, -0.2) is 46.1 Å². The molecule has 0 saturated carbocycles. The Bertz CT molecular complexity index is 545. The van der Waals surface area contributed by atoms with Crippen molar-refractivity contribution in [1.29, 1.82) is 0 Å². The van der Waals surface area contributed by atoms with Gasteiger partial charge in [0.2, 0.25) is 11.8 Å². The summed E-state index contributed by atoms with van der Waals surface area (Å²) in [4.78, 5) is 24.7. The summed E-state index contributed by atoms with van der Waals surface area (Å²) in [6.07, 6.45) is 3.28. The monoisotopic (exact) mass is 262 g/mol. The van der Waals surface area contributed by atoms with Crippen LogP contribution >= 0.6 is 0 Å². The van der Waals surface area contributed by atoms with Crippen molar-refractivity contribution in [2.24, 2.45) is 7.05 Å². The van der Waals surface area contributed by atoms with E-state index in [2.05, 4.69) is 10.4 Å². The molecule has 1 aromatic heterocycles. The van der Waals surface area contributed by atoms with Crippen LogP contribution in [0.25, 0.3) is 6.08 Å². The normalized spacial score (nSPS) is 15.9. The number of carbonyl (C=O) groups excluding carboxylic acids is 2. The third-order valence-corrected chi connectivity index (χ3v) is 3.31. The molecule has 0 aliphatic carbocycles. The van der Waals surface area contributed by atoms with Crippen LogP contribution in [0.3, 0.4) is 0 Å². The van der Waals surface area contributed by atoms with Crippen LogP contribution in [0.1, 0.15) is 17.0 Å². The van der Waals surface area contributed by atoms with Gasteiger partial charge >= 0.3 is 0 Å². The fraction of sp³-hybridized carbons (Fsp3) is 0.462. The number of aryl methyl sites for hydroxylation is 2. The Morgan fingerprint density at radius 2 is 2.16 bits per heavy atom. The van der Waals surface area contributed by atoms with Crippen LogP contribution in [0.5, 0.6) is 0 Å². The summed E-state index contributed by atoms with van der Waals surface area (Å²) >= 11 is 0. The van der Waals surface area contributed by atoms with Crippen LogP contribution < -0.4 is 5.32 Å². The molecule has 2 amide bonds. The van der Waals surface area contributed by atoms with Crippen LogP contribution in [0, 0.1) is 13.8 Å². The van der Waals surface area contributed by atoms with E-state index in [0.29, 0.717) is 13.1 Å². The zero-order chi connectivity index (χ0) is 14.0. The molecular formula is C13H18N4O2. The highest BCUT2D eigenvalue weighted by molar-refractivity contribution is 5.95. The van der Waals surface area contributed by atoms with Crippen LogP contribution in [-0.2, 0) is 16.6 Å². The molecule has 0 spiro atoms. The lowest BCUT2D eigenvalue weighted by molar-refractivity contribution is -0.134. The number of hydrogen-bond acceptors (Lipinski definition) is 3. The molecule has 0 unspecified atom stereocenters. The van der Waals surface area contributed by atoms with Gasteiger partial charge in [0.15, 0.2) is 0 Å². The van der Waals surface area contributed by atoms with E-state index < -0.39 is 0 Å². The zero-order valence-corrected chi connectivity index (χ0v) is 11.4. The van der Waals surface area contributed by atoms with E-state index in [4.69, 9.17) is 0 Å². The quantitative estimate of drug-likeness (QED) is 0.763. The molecule has 1 aliphatic heterocycles. The highest BCUT2D eigenvalue weighted by atomic mass is 16.2. The van der Waals surface area contributed by atoms with E-state index in [1.54, 1.807) is 10.8 Å². The van der Waals surface area contributed by atoms with Crippen molar-refractivity contribution in [3.8, 4) is 0 Å². The van der Waals surface area contributed by atoms with E-state index in [1.807, 2.05) is 20.9 Å². The molecule has 1 aromatic rings. The first-order valence-corrected chi connectivity index (χ1v) is 6.23. The summed E-state index contributed by atoms with van der Waals surface area (Å²) in [5.74, 6) is -0.251. The maximum Gasteiger partial charge on any atom is 0.247 e. The van der Waals surface area contributed by atoms with E-state index in [1.165, 1.54) is 11.0 Å². The maximum atomic E-state index is 12.0. The van der Waals surface area contributed by atoms with Gasteiger partial charge in [0.25, 0.3) is 0 Å². The van der Waals surface area contributed by atoms with Crippen molar-refractivity contribution in [3.63, 3.8) is 0 Å². The topological polar surface area (TPSA) is 67.2 Å². The Morgan fingerprint density at radius 1 is 1.42 bits per heavy atom. The third-order valence-electron chi connectivity index (χ3n) is 3.31. The lowest BCUT2D eigenvalue weighted by Crippen LogP contribution is -2.49. The minimum Gasteiger partial charge on any atom is -0.353 e. The largest absolute Gasteiger partial charge is 0.353 e. The molecular weight excluding hydrogens is 244 g/mol. The van der Waals surface area contributed by atoms with Crippen molar-refractivity contribution >= 4 is 17.9 Å². The maximum absolute atomic E-state index is 12.0.